The van der Waals surface area contributed by atoms with E-state index in [1.807, 2.05) is 36.4 Å². The Hall–Kier alpha value is -2.85. The number of aliphatic hydroxyl groups excluding tert-OH is 1. The summed E-state index contributed by atoms with van der Waals surface area (Å²) in [5, 5.41) is 23.4. The highest BCUT2D eigenvalue weighted by molar-refractivity contribution is 5.86. The number of aliphatic hydroxyl groups is 1. The second kappa shape index (κ2) is 9.57. The van der Waals surface area contributed by atoms with Crippen molar-refractivity contribution < 1.29 is 19.7 Å². The highest BCUT2D eigenvalue weighted by atomic mass is 16.5. The summed E-state index contributed by atoms with van der Waals surface area (Å²) in [6, 6.07) is 16.4. The van der Waals surface area contributed by atoms with Gasteiger partial charge in [0, 0.05) is 26.3 Å². The van der Waals surface area contributed by atoms with Gasteiger partial charge in [-0.15, -0.1) is 6.42 Å². The molecule has 6 nitrogen and oxygen atoms in total. The third-order valence-corrected chi connectivity index (χ3v) is 5.30. The van der Waals surface area contributed by atoms with Gasteiger partial charge in [-0.1, -0.05) is 48.4 Å². The fourth-order valence-electron chi connectivity index (χ4n) is 3.71. The largest absolute Gasteiger partial charge is 0.508 e. The van der Waals surface area contributed by atoms with Gasteiger partial charge in [-0.2, -0.15) is 0 Å². The van der Waals surface area contributed by atoms with Gasteiger partial charge in [0.25, 0.3) is 0 Å². The lowest BCUT2D eigenvalue weighted by molar-refractivity contribution is -0.151. The maximum absolute atomic E-state index is 13.4. The summed E-state index contributed by atoms with van der Waals surface area (Å²) in [6.45, 7) is 1.39. The monoisotopic (exact) mass is 394 g/mol. The minimum Gasteiger partial charge on any atom is -0.508 e. The molecule has 152 valence electrons. The Morgan fingerprint density at radius 1 is 1.17 bits per heavy atom. The van der Waals surface area contributed by atoms with Crippen LogP contribution in [0.15, 0.2) is 54.6 Å². The molecule has 1 amide bonds. The molecule has 1 unspecified atom stereocenters. The first-order valence-corrected chi connectivity index (χ1v) is 9.64. The molecule has 1 aliphatic rings. The minimum atomic E-state index is -1.25. The van der Waals surface area contributed by atoms with Gasteiger partial charge in [-0.3, -0.25) is 4.79 Å². The fraction of sp³-hybridized carbons (Fsp3) is 0.348. The average Bonchev–Trinajstić information content (AvgIpc) is 2.76. The van der Waals surface area contributed by atoms with Crippen LogP contribution in [0.5, 0.6) is 5.75 Å². The molecule has 0 spiro atoms. The van der Waals surface area contributed by atoms with Gasteiger partial charge < -0.3 is 20.3 Å². The van der Waals surface area contributed by atoms with E-state index in [1.165, 1.54) is 0 Å². The summed E-state index contributed by atoms with van der Waals surface area (Å²) in [4.78, 5) is 15.0. The van der Waals surface area contributed by atoms with Gasteiger partial charge in [-0.25, -0.2) is 4.90 Å². The Morgan fingerprint density at radius 2 is 1.86 bits per heavy atom. The predicted molar refractivity (Wildman–Crippen MR) is 110 cm³/mol. The van der Waals surface area contributed by atoms with Crippen LogP contribution in [-0.2, 0) is 22.6 Å². The fourth-order valence-corrected chi connectivity index (χ4v) is 3.71. The second-order valence-electron chi connectivity index (χ2n) is 7.15. The summed E-state index contributed by atoms with van der Waals surface area (Å²) < 4.78 is 5.49. The molecule has 3 N–H and O–H groups in total. The molecule has 1 atom stereocenters. The minimum absolute atomic E-state index is 0.118. The van der Waals surface area contributed by atoms with E-state index in [1.54, 1.807) is 23.1 Å². The van der Waals surface area contributed by atoms with E-state index in [0.717, 1.165) is 11.1 Å². The molecule has 2 aromatic rings. The smallest absolute Gasteiger partial charge is 0.241 e. The number of amides is 1. The number of nitrogens with zero attached hydrogens (tertiary/aromatic N) is 1. The Kier molecular flexibility index (Phi) is 6.89. The van der Waals surface area contributed by atoms with Crippen LogP contribution in [0.25, 0.3) is 0 Å². The molecule has 29 heavy (non-hydrogen) atoms. The molecule has 1 aliphatic heterocycles. The number of benzene rings is 2. The van der Waals surface area contributed by atoms with Gasteiger partial charge in [-0.05, 0) is 36.1 Å². The zero-order valence-corrected chi connectivity index (χ0v) is 16.3. The van der Waals surface area contributed by atoms with Crippen molar-refractivity contribution in [2.24, 2.45) is 0 Å². The summed E-state index contributed by atoms with van der Waals surface area (Å²) in [5.74, 6) is 2.27. The van der Waals surface area contributed by atoms with Crippen molar-refractivity contribution in [2.45, 2.75) is 37.7 Å². The summed E-state index contributed by atoms with van der Waals surface area (Å²) >= 11 is 0. The van der Waals surface area contributed by atoms with Gasteiger partial charge in [0.1, 0.15) is 11.3 Å². The highest BCUT2D eigenvalue weighted by Gasteiger charge is 2.47. The van der Waals surface area contributed by atoms with E-state index in [-0.39, 0.29) is 18.2 Å². The SMILES string of the molecule is C#CC(O)N(Cc1cccc(O)c1)C1(C(=O)NCc2ccccc2)CCOCC1. The van der Waals surface area contributed by atoms with Crippen LogP contribution in [-0.4, -0.2) is 46.0 Å². The first kappa shape index (κ1) is 20.9. The summed E-state index contributed by atoms with van der Waals surface area (Å²) in [6.07, 6.45) is 5.10. The average molecular weight is 394 g/mol. The number of terminal acetylenes is 1. The number of rotatable bonds is 7. The lowest BCUT2D eigenvalue weighted by atomic mass is 9.85. The van der Waals surface area contributed by atoms with Crippen molar-refractivity contribution in [3.05, 3.63) is 65.7 Å². The zero-order valence-electron chi connectivity index (χ0n) is 16.3. The van der Waals surface area contributed by atoms with E-state index in [0.29, 0.717) is 32.6 Å². The number of nitrogens with one attached hydrogen (secondary N) is 1. The van der Waals surface area contributed by atoms with E-state index >= 15 is 0 Å². The standard InChI is InChI=1S/C23H26N2O4/c1-2-21(27)25(17-19-9-6-10-20(26)15-19)23(11-13-29-14-12-23)22(28)24-16-18-7-4-3-5-8-18/h1,3-10,15,21,26-27H,11-14,16-17H2,(H,24,28). The van der Waals surface area contributed by atoms with Crippen molar-refractivity contribution in [1.29, 1.82) is 0 Å². The van der Waals surface area contributed by atoms with Crippen LogP contribution in [0.3, 0.4) is 0 Å². The topological polar surface area (TPSA) is 82.0 Å². The molecule has 0 aromatic heterocycles. The molecule has 0 saturated carbocycles. The zero-order chi connectivity index (χ0) is 20.7. The van der Waals surface area contributed by atoms with Crippen LogP contribution in [0, 0.1) is 12.3 Å². The highest BCUT2D eigenvalue weighted by Crippen LogP contribution is 2.32. The molecular formula is C23H26N2O4. The van der Waals surface area contributed by atoms with E-state index in [2.05, 4.69) is 11.2 Å². The van der Waals surface area contributed by atoms with E-state index in [9.17, 15) is 15.0 Å². The van der Waals surface area contributed by atoms with Gasteiger partial charge in [0.2, 0.25) is 5.91 Å². The maximum Gasteiger partial charge on any atom is 0.241 e. The van der Waals surface area contributed by atoms with Gasteiger partial charge >= 0.3 is 0 Å². The first-order chi connectivity index (χ1) is 14.0. The van der Waals surface area contributed by atoms with Crippen molar-refractivity contribution >= 4 is 5.91 Å². The predicted octanol–water partition coefficient (Wildman–Crippen LogP) is 2.01. The number of carbonyl (C=O) groups excluding carboxylic acids is 1. The molecule has 0 aliphatic carbocycles. The number of hydrogen-bond donors (Lipinski definition) is 3. The Bertz CT molecular complexity index is 857. The Balaban J connectivity index is 1.87. The van der Waals surface area contributed by atoms with Crippen molar-refractivity contribution in [3.8, 4) is 18.1 Å². The Labute approximate surface area is 171 Å². The van der Waals surface area contributed by atoms with Crippen molar-refractivity contribution in [2.75, 3.05) is 13.2 Å². The lowest BCUT2D eigenvalue weighted by Crippen LogP contribution is -2.63. The third-order valence-electron chi connectivity index (χ3n) is 5.30. The Morgan fingerprint density at radius 3 is 2.52 bits per heavy atom. The molecule has 6 heteroatoms. The number of hydrogen-bond acceptors (Lipinski definition) is 5. The normalized spacial score (nSPS) is 16.7. The van der Waals surface area contributed by atoms with Crippen molar-refractivity contribution in [1.82, 2.24) is 10.2 Å². The molecule has 2 aromatic carbocycles. The number of ether oxygens (including phenoxy) is 1. The first-order valence-electron chi connectivity index (χ1n) is 9.64. The molecule has 0 radical (unpaired) electrons. The molecule has 1 fully saturated rings. The quantitative estimate of drug-likeness (QED) is 0.494. The van der Waals surface area contributed by atoms with Crippen molar-refractivity contribution in [3.63, 3.8) is 0 Å². The molecule has 3 rings (SSSR count). The van der Waals surface area contributed by atoms with E-state index < -0.39 is 11.8 Å². The van der Waals surface area contributed by atoms with E-state index in [4.69, 9.17) is 11.2 Å². The maximum atomic E-state index is 13.4. The summed E-state index contributed by atoms with van der Waals surface area (Å²) in [5.41, 5.74) is 0.727. The molecular weight excluding hydrogens is 368 g/mol. The van der Waals surface area contributed by atoms with Gasteiger partial charge in [0.05, 0.1) is 0 Å². The van der Waals surface area contributed by atoms with Crippen LogP contribution in [0.2, 0.25) is 0 Å². The van der Waals surface area contributed by atoms with Gasteiger partial charge in [0.15, 0.2) is 6.23 Å². The number of carbonyl (C=O) groups is 1. The second-order valence-corrected chi connectivity index (χ2v) is 7.15. The number of phenols is 1. The molecule has 0 bridgehead atoms. The molecule has 1 saturated heterocycles. The number of phenolic OH excluding ortho intramolecular Hbond substituents is 1. The van der Waals surface area contributed by atoms with Crippen LogP contribution in [0.1, 0.15) is 24.0 Å². The third kappa shape index (κ3) is 4.96. The summed E-state index contributed by atoms with van der Waals surface area (Å²) in [7, 11) is 0. The van der Waals surface area contributed by atoms with Crippen LogP contribution in [0.4, 0.5) is 0 Å². The number of aromatic hydroxyl groups is 1. The molecule has 1 heterocycles. The lowest BCUT2D eigenvalue weighted by Gasteiger charge is -2.45. The van der Waals surface area contributed by atoms with Crippen LogP contribution >= 0.6 is 0 Å². The van der Waals surface area contributed by atoms with Crippen LogP contribution < -0.4 is 5.32 Å².